The molecule has 1 atom stereocenters. The molecule has 0 bridgehead atoms. The van der Waals surface area contributed by atoms with Gasteiger partial charge < -0.3 is 10.0 Å². The lowest BCUT2D eigenvalue weighted by Crippen LogP contribution is -2.54. The van der Waals surface area contributed by atoms with E-state index in [1.807, 2.05) is 6.92 Å². The second-order valence-corrected chi connectivity index (χ2v) is 6.95. The molecular weight excluding hydrogens is 258 g/mol. The summed E-state index contributed by atoms with van der Waals surface area (Å²) < 4.78 is 22.3. The third-order valence-corrected chi connectivity index (χ3v) is 4.01. The van der Waals surface area contributed by atoms with Crippen LogP contribution in [0.1, 0.15) is 32.6 Å². The van der Waals surface area contributed by atoms with Gasteiger partial charge in [-0.1, -0.05) is 13.3 Å². The van der Waals surface area contributed by atoms with Crippen molar-refractivity contribution >= 4 is 21.7 Å². The highest BCUT2D eigenvalue weighted by atomic mass is 32.2. The molecule has 1 fully saturated rings. The van der Waals surface area contributed by atoms with Crippen LogP contribution < -0.4 is 0 Å². The zero-order chi connectivity index (χ0) is 14.0. The monoisotopic (exact) mass is 277 g/mol. The van der Waals surface area contributed by atoms with Crippen molar-refractivity contribution in [1.82, 2.24) is 4.90 Å². The average Bonchev–Trinajstić information content (AvgIpc) is 2.60. The summed E-state index contributed by atoms with van der Waals surface area (Å²) in [5.41, 5.74) is -1.21. The van der Waals surface area contributed by atoms with Crippen molar-refractivity contribution in [2.45, 2.75) is 38.1 Å². The van der Waals surface area contributed by atoms with E-state index in [0.29, 0.717) is 32.2 Å². The standard InChI is InChI=1S/C11H19NO5S/c1-3-5-11(10(14)15)6-4-7-12(11)9(13)8-18(2,16)17/h3-8H2,1-2H3,(H,14,15). The SMILES string of the molecule is CCCC1(C(=O)O)CCCN1C(=O)CS(C)(=O)=O. The number of nitrogens with zero attached hydrogens (tertiary/aromatic N) is 1. The third kappa shape index (κ3) is 3.01. The molecular formula is C11H19NO5S. The van der Waals surface area contributed by atoms with Gasteiger partial charge in [0.05, 0.1) is 0 Å². The molecule has 0 aliphatic carbocycles. The summed E-state index contributed by atoms with van der Waals surface area (Å²) in [4.78, 5) is 24.6. The van der Waals surface area contributed by atoms with Gasteiger partial charge in [-0.2, -0.15) is 0 Å². The Balaban J connectivity index is 2.99. The van der Waals surface area contributed by atoms with Crippen molar-refractivity contribution in [3.8, 4) is 0 Å². The Morgan fingerprint density at radius 3 is 2.44 bits per heavy atom. The van der Waals surface area contributed by atoms with Crippen LogP contribution >= 0.6 is 0 Å². The molecule has 0 spiro atoms. The maximum absolute atomic E-state index is 11.9. The fourth-order valence-corrected chi connectivity index (χ4v) is 3.15. The maximum Gasteiger partial charge on any atom is 0.329 e. The predicted molar refractivity (Wildman–Crippen MR) is 65.9 cm³/mol. The molecule has 0 saturated carbocycles. The molecule has 0 aromatic rings. The predicted octanol–water partition coefficient (Wildman–Crippen LogP) is 0.277. The van der Waals surface area contributed by atoms with Gasteiger partial charge in [-0.25, -0.2) is 13.2 Å². The zero-order valence-electron chi connectivity index (χ0n) is 10.7. The van der Waals surface area contributed by atoms with Crippen LogP contribution in [0.25, 0.3) is 0 Å². The van der Waals surface area contributed by atoms with Crippen LogP contribution in [0.15, 0.2) is 0 Å². The molecule has 1 aliphatic rings. The molecule has 7 heteroatoms. The first-order valence-electron chi connectivity index (χ1n) is 5.94. The summed E-state index contributed by atoms with van der Waals surface area (Å²) >= 11 is 0. The number of amides is 1. The summed E-state index contributed by atoms with van der Waals surface area (Å²) in [6.07, 6.45) is 2.96. The zero-order valence-corrected chi connectivity index (χ0v) is 11.5. The van der Waals surface area contributed by atoms with Gasteiger partial charge >= 0.3 is 5.97 Å². The first kappa shape index (κ1) is 14.9. The summed E-state index contributed by atoms with van der Waals surface area (Å²) in [5.74, 6) is -2.26. The number of carbonyl (C=O) groups excluding carboxylic acids is 1. The van der Waals surface area contributed by atoms with E-state index in [1.54, 1.807) is 0 Å². The number of rotatable bonds is 5. The Morgan fingerprint density at radius 1 is 1.39 bits per heavy atom. The quantitative estimate of drug-likeness (QED) is 0.779. The van der Waals surface area contributed by atoms with Crippen LogP contribution in [0.4, 0.5) is 0 Å². The van der Waals surface area contributed by atoms with Gasteiger partial charge in [0.2, 0.25) is 5.91 Å². The summed E-state index contributed by atoms with van der Waals surface area (Å²) in [6, 6.07) is 0. The fraction of sp³-hybridized carbons (Fsp3) is 0.818. The molecule has 18 heavy (non-hydrogen) atoms. The molecule has 1 unspecified atom stereocenters. The van der Waals surface area contributed by atoms with Crippen LogP contribution in [-0.4, -0.2) is 54.4 Å². The molecule has 1 N–H and O–H groups in total. The number of carbonyl (C=O) groups is 2. The molecule has 1 heterocycles. The lowest BCUT2D eigenvalue weighted by molar-refractivity contribution is -0.156. The minimum atomic E-state index is -3.44. The Bertz CT molecular complexity index is 444. The van der Waals surface area contributed by atoms with E-state index in [1.165, 1.54) is 4.90 Å². The highest BCUT2D eigenvalue weighted by Gasteiger charge is 2.49. The van der Waals surface area contributed by atoms with Gasteiger partial charge in [-0.3, -0.25) is 4.79 Å². The van der Waals surface area contributed by atoms with Gasteiger partial charge in [0.25, 0.3) is 0 Å². The molecule has 0 radical (unpaired) electrons. The van der Waals surface area contributed by atoms with Crippen molar-refractivity contribution in [1.29, 1.82) is 0 Å². The van der Waals surface area contributed by atoms with Crippen LogP contribution in [0.2, 0.25) is 0 Å². The Morgan fingerprint density at radius 2 is 2.00 bits per heavy atom. The smallest absolute Gasteiger partial charge is 0.329 e. The van der Waals surface area contributed by atoms with E-state index in [-0.39, 0.29) is 0 Å². The van der Waals surface area contributed by atoms with E-state index in [0.717, 1.165) is 6.26 Å². The van der Waals surface area contributed by atoms with Crippen LogP contribution in [0.5, 0.6) is 0 Å². The molecule has 104 valence electrons. The summed E-state index contributed by atoms with van der Waals surface area (Å²) in [6.45, 7) is 2.17. The Hall–Kier alpha value is -1.11. The van der Waals surface area contributed by atoms with Crippen molar-refractivity contribution in [2.75, 3.05) is 18.6 Å². The second kappa shape index (κ2) is 5.26. The molecule has 0 aromatic heterocycles. The average molecular weight is 277 g/mol. The Kier molecular flexibility index (Phi) is 4.37. The normalized spacial score (nSPS) is 24.2. The minimum Gasteiger partial charge on any atom is -0.479 e. The highest BCUT2D eigenvalue weighted by Crippen LogP contribution is 2.34. The summed E-state index contributed by atoms with van der Waals surface area (Å²) in [5, 5.41) is 9.37. The molecule has 1 aliphatic heterocycles. The maximum atomic E-state index is 11.9. The number of hydrogen-bond acceptors (Lipinski definition) is 4. The summed E-state index contributed by atoms with van der Waals surface area (Å²) in [7, 11) is -3.44. The largest absolute Gasteiger partial charge is 0.479 e. The minimum absolute atomic E-state index is 0.320. The molecule has 1 rings (SSSR count). The number of carboxylic acids is 1. The van der Waals surface area contributed by atoms with Crippen molar-refractivity contribution < 1.29 is 23.1 Å². The van der Waals surface area contributed by atoms with E-state index in [4.69, 9.17) is 0 Å². The first-order valence-corrected chi connectivity index (χ1v) is 8.00. The number of hydrogen-bond donors (Lipinski definition) is 1. The lowest BCUT2D eigenvalue weighted by atomic mass is 9.90. The van der Waals surface area contributed by atoms with Gasteiger partial charge in [0.15, 0.2) is 9.84 Å². The van der Waals surface area contributed by atoms with E-state index >= 15 is 0 Å². The number of aliphatic carboxylic acids is 1. The number of sulfone groups is 1. The van der Waals surface area contributed by atoms with Gasteiger partial charge in [0, 0.05) is 12.8 Å². The fourth-order valence-electron chi connectivity index (χ4n) is 2.55. The second-order valence-electron chi connectivity index (χ2n) is 4.81. The van der Waals surface area contributed by atoms with Crippen molar-refractivity contribution in [3.63, 3.8) is 0 Å². The molecule has 1 amide bonds. The van der Waals surface area contributed by atoms with E-state index < -0.39 is 33.0 Å². The van der Waals surface area contributed by atoms with Crippen LogP contribution in [0.3, 0.4) is 0 Å². The van der Waals surface area contributed by atoms with Gasteiger partial charge in [-0.05, 0) is 19.3 Å². The van der Waals surface area contributed by atoms with Gasteiger partial charge in [-0.15, -0.1) is 0 Å². The van der Waals surface area contributed by atoms with Crippen LogP contribution in [-0.2, 0) is 19.4 Å². The number of likely N-dealkylation sites (tertiary alicyclic amines) is 1. The molecule has 6 nitrogen and oxygen atoms in total. The molecule has 0 aromatic carbocycles. The first-order chi connectivity index (χ1) is 8.23. The molecule has 1 saturated heterocycles. The number of carboxylic acid groups (broad SMARTS) is 1. The third-order valence-electron chi connectivity index (χ3n) is 3.24. The highest BCUT2D eigenvalue weighted by molar-refractivity contribution is 7.91. The van der Waals surface area contributed by atoms with E-state index in [2.05, 4.69) is 0 Å². The van der Waals surface area contributed by atoms with E-state index in [9.17, 15) is 23.1 Å². The van der Waals surface area contributed by atoms with Crippen molar-refractivity contribution in [2.24, 2.45) is 0 Å². The van der Waals surface area contributed by atoms with Crippen LogP contribution in [0, 0.1) is 0 Å². The van der Waals surface area contributed by atoms with Crippen molar-refractivity contribution in [3.05, 3.63) is 0 Å². The van der Waals surface area contributed by atoms with Gasteiger partial charge in [0.1, 0.15) is 11.3 Å². The lowest BCUT2D eigenvalue weighted by Gasteiger charge is -2.34. The topological polar surface area (TPSA) is 91.8 Å². The Labute approximate surface area is 107 Å².